The van der Waals surface area contributed by atoms with Crippen LogP contribution in [0.15, 0.2) is 0 Å². The van der Waals surface area contributed by atoms with Crippen LogP contribution in [0.4, 0.5) is 0 Å². The Balaban J connectivity index is 2.13. The van der Waals surface area contributed by atoms with E-state index in [1.807, 2.05) is 18.8 Å². The number of aromatic nitrogens is 3. The molecule has 1 atom stereocenters. The first kappa shape index (κ1) is 14.9. The summed E-state index contributed by atoms with van der Waals surface area (Å²) < 4.78 is 7.36. The van der Waals surface area contributed by atoms with Crippen LogP contribution in [0.25, 0.3) is 0 Å². The number of carbonyl (C=O) groups excluding carboxylic acids is 1. The zero-order valence-corrected chi connectivity index (χ0v) is 12.2. The maximum Gasteiger partial charge on any atom is 0.223 e. The summed E-state index contributed by atoms with van der Waals surface area (Å²) in [7, 11) is 4.09. The number of primary amides is 1. The fraction of sp³-hybridized carbons (Fsp3) is 0.769. The van der Waals surface area contributed by atoms with Crippen LogP contribution in [0.3, 0.4) is 0 Å². The highest BCUT2D eigenvalue weighted by Gasteiger charge is 2.26. The van der Waals surface area contributed by atoms with Gasteiger partial charge in [0.1, 0.15) is 0 Å². The molecule has 0 saturated carbocycles. The summed E-state index contributed by atoms with van der Waals surface area (Å²) in [6, 6.07) is 0. The van der Waals surface area contributed by atoms with Crippen molar-refractivity contribution < 1.29 is 9.53 Å². The van der Waals surface area contributed by atoms with E-state index in [4.69, 9.17) is 10.5 Å². The molecule has 1 aromatic heterocycles. The molecular weight excluding hydrogens is 258 g/mol. The Morgan fingerprint density at radius 3 is 2.95 bits per heavy atom. The van der Waals surface area contributed by atoms with Crippen molar-refractivity contribution in [2.24, 2.45) is 5.73 Å². The maximum absolute atomic E-state index is 11.2. The van der Waals surface area contributed by atoms with Crippen molar-refractivity contribution in [3.05, 3.63) is 11.4 Å². The number of aryl methyl sites for hydroxylation is 1. The van der Waals surface area contributed by atoms with E-state index in [9.17, 15) is 4.79 Å². The lowest BCUT2D eigenvalue weighted by Gasteiger charge is -2.14. The molecule has 20 heavy (non-hydrogen) atoms. The lowest BCUT2D eigenvalue weighted by Crippen LogP contribution is -2.19. The first-order valence-corrected chi connectivity index (χ1v) is 7.01. The van der Waals surface area contributed by atoms with Crippen molar-refractivity contribution in [2.75, 3.05) is 33.9 Å². The molecule has 7 heteroatoms. The van der Waals surface area contributed by atoms with Gasteiger partial charge in [-0.2, -0.15) is 0 Å². The monoisotopic (exact) mass is 281 g/mol. The maximum atomic E-state index is 11.2. The van der Waals surface area contributed by atoms with Crippen LogP contribution < -0.4 is 5.73 Å². The molecule has 1 aromatic rings. The number of amides is 1. The highest BCUT2D eigenvalue weighted by molar-refractivity contribution is 5.76. The van der Waals surface area contributed by atoms with Crippen LogP contribution >= 0.6 is 0 Å². The Hall–Kier alpha value is -1.47. The predicted octanol–water partition coefficient (Wildman–Crippen LogP) is -0.238. The molecule has 1 saturated heterocycles. The van der Waals surface area contributed by atoms with Gasteiger partial charge in [0, 0.05) is 19.1 Å². The summed E-state index contributed by atoms with van der Waals surface area (Å²) in [5.41, 5.74) is 7.02. The largest absolute Gasteiger partial charge is 0.381 e. The lowest BCUT2D eigenvalue weighted by atomic mass is 10.0. The van der Waals surface area contributed by atoms with Gasteiger partial charge in [-0.1, -0.05) is 5.21 Å². The first-order chi connectivity index (χ1) is 9.58. The van der Waals surface area contributed by atoms with Gasteiger partial charge in [-0.05, 0) is 33.5 Å². The zero-order chi connectivity index (χ0) is 14.5. The quantitative estimate of drug-likeness (QED) is 0.745. The van der Waals surface area contributed by atoms with Crippen LogP contribution in [0.2, 0.25) is 0 Å². The Kier molecular flexibility index (Phi) is 5.08. The molecule has 2 rings (SSSR count). The van der Waals surface area contributed by atoms with Gasteiger partial charge in [0.05, 0.1) is 24.4 Å². The van der Waals surface area contributed by atoms with Gasteiger partial charge in [-0.3, -0.25) is 4.79 Å². The molecule has 1 aliphatic heterocycles. The Morgan fingerprint density at radius 1 is 1.55 bits per heavy atom. The molecule has 0 aliphatic carbocycles. The van der Waals surface area contributed by atoms with Crippen LogP contribution in [-0.2, 0) is 22.5 Å². The molecule has 7 nitrogen and oxygen atoms in total. The number of nitrogens with zero attached hydrogens (tertiary/aromatic N) is 4. The molecule has 1 unspecified atom stereocenters. The summed E-state index contributed by atoms with van der Waals surface area (Å²) in [5, 5.41) is 8.34. The molecule has 2 N–H and O–H groups in total. The number of carbonyl (C=O) groups is 1. The molecule has 0 spiro atoms. The third-order valence-electron chi connectivity index (χ3n) is 3.48. The highest BCUT2D eigenvalue weighted by Crippen LogP contribution is 2.27. The topological polar surface area (TPSA) is 86.3 Å². The standard InChI is InChI=1S/C13H23N5O2/c1-17(2)5-3-6-18-13(10-4-7-20-9-10)11(15-16-18)8-12(14)19/h10H,3-9H2,1-2H3,(H2,14,19). The molecule has 1 fully saturated rings. The molecule has 0 radical (unpaired) electrons. The molecule has 0 aromatic carbocycles. The number of hydrogen-bond acceptors (Lipinski definition) is 5. The second-order valence-corrected chi connectivity index (χ2v) is 5.50. The smallest absolute Gasteiger partial charge is 0.223 e. The van der Waals surface area contributed by atoms with Crippen molar-refractivity contribution in [1.29, 1.82) is 0 Å². The normalized spacial score (nSPS) is 18.9. The van der Waals surface area contributed by atoms with E-state index in [-0.39, 0.29) is 18.2 Å². The zero-order valence-electron chi connectivity index (χ0n) is 12.2. The minimum absolute atomic E-state index is 0.152. The summed E-state index contributed by atoms with van der Waals surface area (Å²) in [5.74, 6) is -0.0933. The van der Waals surface area contributed by atoms with Crippen LogP contribution in [0.1, 0.15) is 30.1 Å². The van der Waals surface area contributed by atoms with E-state index in [2.05, 4.69) is 15.2 Å². The number of nitrogens with two attached hydrogens (primary N) is 1. The average molecular weight is 281 g/mol. The molecule has 112 valence electrons. The second kappa shape index (κ2) is 6.81. The Labute approximate surface area is 119 Å². The fourth-order valence-corrected chi connectivity index (χ4v) is 2.55. The second-order valence-electron chi connectivity index (χ2n) is 5.50. The van der Waals surface area contributed by atoms with Gasteiger partial charge in [0.15, 0.2) is 0 Å². The van der Waals surface area contributed by atoms with E-state index >= 15 is 0 Å². The van der Waals surface area contributed by atoms with Crippen LogP contribution in [0.5, 0.6) is 0 Å². The molecule has 0 bridgehead atoms. The van der Waals surface area contributed by atoms with Gasteiger partial charge in [0.25, 0.3) is 0 Å². The number of ether oxygens (including phenoxy) is 1. The molecule has 2 heterocycles. The van der Waals surface area contributed by atoms with Crippen molar-refractivity contribution in [2.45, 2.75) is 31.7 Å². The predicted molar refractivity (Wildman–Crippen MR) is 74.3 cm³/mol. The van der Waals surface area contributed by atoms with E-state index in [1.165, 1.54) is 0 Å². The molecular formula is C13H23N5O2. The van der Waals surface area contributed by atoms with Gasteiger partial charge < -0.3 is 15.4 Å². The van der Waals surface area contributed by atoms with Gasteiger partial charge in [0.2, 0.25) is 5.91 Å². The Bertz CT molecular complexity index is 452. The number of hydrogen-bond donors (Lipinski definition) is 1. The summed E-state index contributed by atoms with van der Waals surface area (Å²) in [4.78, 5) is 13.3. The molecule has 1 amide bonds. The SMILES string of the molecule is CN(C)CCCn1nnc(CC(N)=O)c1C1CCOC1. The van der Waals surface area contributed by atoms with E-state index in [0.29, 0.717) is 12.3 Å². The Morgan fingerprint density at radius 2 is 2.35 bits per heavy atom. The van der Waals surface area contributed by atoms with Crippen LogP contribution in [-0.4, -0.2) is 59.7 Å². The molecule has 1 aliphatic rings. The number of rotatable bonds is 7. The summed E-state index contributed by atoms with van der Waals surface area (Å²) in [6.45, 7) is 3.22. The van der Waals surface area contributed by atoms with E-state index in [1.54, 1.807) is 0 Å². The lowest BCUT2D eigenvalue weighted by molar-refractivity contribution is -0.117. The van der Waals surface area contributed by atoms with Crippen LogP contribution in [0, 0.1) is 0 Å². The first-order valence-electron chi connectivity index (χ1n) is 7.01. The van der Waals surface area contributed by atoms with E-state index in [0.717, 1.165) is 38.2 Å². The highest BCUT2D eigenvalue weighted by atomic mass is 16.5. The van der Waals surface area contributed by atoms with Crippen molar-refractivity contribution in [1.82, 2.24) is 19.9 Å². The summed E-state index contributed by atoms with van der Waals surface area (Å²) >= 11 is 0. The van der Waals surface area contributed by atoms with Gasteiger partial charge in [-0.15, -0.1) is 5.10 Å². The van der Waals surface area contributed by atoms with Crippen molar-refractivity contribution in [3.63, 3.8) is 0 Å². The fourth-order valence-electron chi connectivity index (χ4n) is 2.55. The van der Waals surface area contributed by atoms with Gasteiger partial charge >= 0.3 is 0 Å². The van der Waals surface area contributed by atoms with Crippen molar-refractivity contribution in [3.8, 4) is 0 Å². The average Bonchev–Trinajstić information content (AvgIpc) is 2.97. The minimum atomic E-state index is -0.370. The van der Waals surface area contributed by atoms with Gasteiger partial charge in [-0.25, -0.2) is 4.68 Å². The summed E-state index contributed by atoms with van der Waals surface area (Å²) in [6.07, 6.45) is 2.10. The van der Waals surface area contributed by atoms with E-state index < -0.39 is 0 Å². The minimum Gasteiger partial charge on any atom is -0.381 e. The van der Waals surface area contributed by atoms with Crippen molar-refractivity contribution >= 4 is 5.91 Å². The third-order valence-corrected chi connectivity index (χ3v) is 3.48. The third kappa shape index (κ3) is 3.77.